The lowest BCUT2D eigenvalue weighted by molar-refractivity contribution is 0.0698. The maximum absolute atomic E-state index is 11.6. The van der Waals surface area contributed by atoms with E-state index in [1.165, 1.54) is 11.3 Å². The minimum atomic E-state index is -1.02. The van der Waals surface area contributed by atoms with E-state index in [0.29, 0.717) is 10.8 Å². The average molecular weight is 368 g/mol. The highest BCUT2D eigenvalue weighted by Crippen LogP contribution is 2.31. The van der Waals surface area contributed by atoms with E-state index < -0.39 is 5.97 Å². The van der Waals surface area contributed by atoms with Gasteiger partial charge in [0.15, 0.2) is 0 Å². The Bertz CT molecular complexity index is 977. The van der Waals surface area contributed by atoms with Crippen LogP contribution in [-0.4, -0.2) is 29.1 Å². The molecular formula is C19H20N4O2S. The average Bonchev–Trinajstić information content (AvgIpc) is 3.03. The van der Waals surface area contributed by atoms with Gasteiger partial charge in [-0.25, -0.2) is 9.78 Å². The molecule has 0 saturated heterocycles. The molecule has 0 spiro atoms. The van der Waals surface area contributed by atoms with Crippen LogP contribution >= 0.6 is 11.3 Å². The molecule has 134 valence electrons. The Kier molecular flexibility index (Phi) is 5.27. The minimum Gasteiger partial charge on any atom is -0.478 e. The molecule has 3 rings (SSSR count). The highest BCUT2D eigenvalue weighted by atomic mass is 32.1. The lowest BCUT2D eigenvalue weighted by atomic mass is 10.1. The number of aryl methyl sites for hydroxylation is 1. The number of azo groups is 1. The SMILES string of the molecule is CCN(CC)c1ccc(N=Nc2nc3ccc(C)cc3s2)c(C(=O)O)c1. The first-order valence-corrected chi connectivity index (χ1v) is 9.24. The summed E-state index contributed by atoms with van der Waals surface area (Å²) in [5.74, 6) is -1.02. The van der Waals surface area contributed by atoms with Crippen molar-refractivity contribution in [1.82, 2.24) is 4.98 Å². The zero-order valence-corrected chi connectivity index (χ0v) is 15.7. The summed E-state index contributed by atoms with van der Waals surface area (Å²) in [5.41, 5.74) is 3.34. The van der Waals surface area contributed by atoms with E-state index in [1.807, 2.05) is 45.0 Å². The van der Waals surface area contributed by atoms with Crippen LogP contribution in [0.5, 0.6) is 0 Å². The van der Waals surface area contributed by atoms with Crippen molar-refractivity contribution in [3.05, 3.63) is 47.5 Å². The number of carbonyl (C=O) groups is 1. The Labute approximate surface area is 155 Å². The summed E-state index contributed by atoms with van der Waals surface area (Å²) >= 11 is 1.43. The molecule has 0 unspecified atom stereocenters. The second-order valence-electron chi connectivity index (χ2n) is 5.85. The highest BCUT2D eigenvalue weighted by Gasteiger charge is 2.13. The van der Waals surface area contributed by atoms with E-state index >= 15 is 0 Å². The van der Waals surface area contributed by atoms with Crippen LogP contribution in [0.25, 0.3) is 10.2 Å². The number of carboxylic acid groups (broad SMARTS) is 1. The number of hydrogen-bond acceptors (Lipinski definition) is 6. The molecular weight excluding hydrogens is 348 g/mol. The molecule has 3 aromatic rings. The molecule has 6 nitrogen and oxygen atoms in total. The van der Waals surface area contributed by atoms with Crippen LogP contribution in [0.3, 0.4) is 0 Å². The van der Waals surface area contributed by atoms with Gasteiger partial charge >= 0.3 is 5.97 Å². The number of aromatic carboxylic acids is 1. The first-order valence-electron chi connectivity index (χ1n) is 8.43. The van der Waals surface area contributed by atoms with Gasteiger partial charge in [0.2, 0.25) is 5.13 Å². The molecule has 0 fully saturated rings. The van der Waals surface area contributed by atoms with Gasteiger partial charge in [-0.15, -0.1) is 10.2 Å². The molecule has 0 radical (unpaired) electrons. The number of thiazole rings is 1. The largest absolute Gasteiger partial charge is 0.478 e. The van der Waals surface area contributed by atoms with Crippen molar-refractivity contribution >= 4 is 44.0 Å². The summed E-state index contributed by atoms with van der Waals surface area (Å²) in [5, 5.41) is 18.3. The van der Waals surface area contributed by atoms with Crippen molar-refractivity contribution in [2.75, 3.05) is 18.0 Å². The monoisotopic (exact) mass is 368 g/mol. The number of aromatic nitrogens is 1. The lowest BCUT2D eigenvalue weighted by Crippen LogP contribution is -2.22. The number of hydrogen-bond donors (Lipinski definition) is 1. The summed E-state index contributed by atoms with van der Waals surface area (Å²) in [7, 11) is 0. The number of rotatable bonds is 6. The Morgan fingerprint density at radius 2 is 1.92 bits per heavy atom. The van der Waals surface area contributed by atoms with Crippen LogP contribution in [0.4, 0.5) is 16.5 Å². The quantitative estimate of drug-likeness (QED) is 0.577. The minimum absolute atomic E-state index is 0.134. The standard InChI is InChI=1S/C19H20N4O2S/c1-4-23(5-2)13-7-9-15(14(11-13)18(24)25)21-22-19-20-16-8-6-12(3)10-17(16)26-19/h6-11H,4-5H2,1-3H3,(H,24,25). The molecule has 0 atom stereocenters. The van der Waals surface area contributed by atoms with Gasteiger partial charge in [-0.3, -0.25) is 0 Å². The van der Waals surface area contributed by atoms with E-state index in [0.717, 1.165) is 34.6 Å². The molecule has 0 aliphatic carbocycles. The number of nitrogens with zero attached hydrogens (tertiary/aromatic N) is 4. The van der Waals surface area contributed by atoms with E-state index in [-0.39, 0.29) is 5.56 Å². The third kappa shape index (κ3) is 3.72. The molecule has 0 aliphatic heterocycles. The van der Waals surface area contributed by atoms with E-state index in [1.54, 1.807) is 12.1 Å². The molecule has 0 bridgehead atoms. The second kappa shape index (κ2) is 7.61. The van der Waals surface area contributed by atoms with Gasteiger partial charge < -0.3 is 10.0 Å². The third-order valence-electron chi connectivity index (χ3n) is 4.12. The Hall–Kier alpha value is -2.80. The molecule has 1 N–H and O–H groups in total. The smallest absolute Gasteiger partial charge is 0.338 e. The fourth-order valence-electron chi connectivity index (χ4n) is 2.73. The first-order chi connectivity index (χ1) is 12.5. The van der Waals surface area contributed by atoms with Crippen molar-refractivity contribution in [3.8, 4) is 0 Å². The fraction of sp³-hybridized carbons (Fsp3) is 0.263. The van der Waals surface area contributed by atoms with Gasteiger partial charge in [-0.1, -0.05) is 17.4 Å². The van der Waals surface area contributed by atoms with Crippen LogP contribution in [0.1, 0.15) is 29.8 Å². The molecule has 1 heterocycles. The summed E-state index contributed by atoms with van der Waals surface area (Å²) < 4.78 is 1.04. The highest BCUT2D eigenvalue weighted by molar-refractivity contribution is 7.21. The Balaban J connectivity index is 1.94. The summed E-state index contributed by atoms with van der Waals surface area (Å²) in [6, 6.07) is 11.2. The van der Waals surface area contributed by atoms with Crippen LogP contribution in [-0.2, 0) is 0 Å². The number of fused-ring (bicyclic) bond motifs is 1. The van der Waals surface area contributed by atoms with Crippen LogP contribution in [0, 0.1) is 6.92 Å². The van der Waals surface area contributed by atoms with Gasteiger partial charge in [-0.05, 0) is 56.7 Å². The van der Waals surface area contributed by atoms with Crippen molar-refractivity contribution in [2.45, 2.75) is 20.8 Å². The van der Waals surface area contributed by atoms with Gasteiger partial charge in [0.25, 0.3) is 0 Å². The van der Waals surface area contributed by atoms with Crippen molar-refractivity contribution in [1.29, 1.82) is 0 Å². The van der Waals surface area contributed by atoms with E-state index in [4.69, 9.17) is 0 Å². The normalized spacial score (nSPS) is 11.3. The molecule has 0 amide bonds. The summed E-state index contributed by atoms with van der Waals surface area (Å²) in [6.45, 7) is 7.71. The zero-order chi connectivity index (χ0) is 18.7. The van der Waals surface area contributed by atoms with Crippen molar-refractivity contribution in [3.63, 3.8) is 0 Å². The molecule has 7 heteroatoms. The first kappa shape index (κ1) is 18.0. The molecule has 2 aromatic carbocycles. The predicted molar refractivity (Wildman–Crippen MR) is 105 cm³/mol. The molecule has 0 saturated carbocycles. The Morgan fingerprint density at radius 3 is 2.62 bits per heavy atom. The van der Waals surface area contributed by atoms with Crippen LogP contribution in [0.15, 0.2) is 46.6 Å². The molecule has 26 heavy (non-hydrogen) atoms. The number of carboxylic acids is 1. The van der Waals surface area contributed by atoms with Gasteiger partial charge in [0, 0.05) is 18.8 Å². The fourth-order valence-corrected chi connectivity index (χ4v) is 3.61. The van der Waals surface area contributed by atoms with Gasteiger partial charge in [-0.2, -0.15) is 0 Å². The van der Waals surface area contributed by atoms with Crippen molar-refractivity contribution in [2.24, 2.45) is 10.2 Å². The number of anilines is 1. The topological polar surface area (TPSA) is 78.2 Å². The number of benzene rings is 2. The summed E-state index contributed by atoms with van der Waals surface area (Å²) in [6.07, 6.45) is 0. The molecule has 1 aromatic heterocycles. The molecule has 0 aliphatic rings. The maximum atomic E-state index is 11.6. The van der Waals surface area contributed by atoms with Crippen molar-refractivity contribution < 1.29 is 9.90 Å². The lowest BCUT2D eigenvalue weighted by Gasteiger charge is -2.21. The summed E-state index contributed by atoms with van der Waals surface area (Å²) in [4.78, 5) is 18.1. The van der Waals surface area contributed by atoms with Gasteiger partial charge in [0.05, 0.1) is 15.8 Å². The second-order valence-corrected chi connectivity index (χ2v) is 6.86. The van der Waals surface area contributed by atoms with Crippen LogP contribution in [0.2, 0.25) is 0 Å². The van der Waals surface area contributed by atoms with E-state index in [9.17, 15) is 9.90 Å². The predicted octanol–water partition coefficient (Wildman–Crippen LogP) is 5.56. The van der Waals surface area contributed by atoms with E-state index in [2.05, 4.69) is 20.1 Å². The Morgan fingerprint density at radius 1 is 1.15 bits per heavy atom. The van der Waals surface area contributed by atoms with Gasteiger partial charge in [0.1, 0.15) is 5.69 Å². The van der Waals surface area contributed by atoms with Crippen LogP contribution < -0.4 is 4.90 Å². The zero-order valence-electron chi connectivity index (χ0n) is 14.9. The third-order valence-corrected chi connectivity index (χ3v) is 5.02. The maximum Gasteiger partial charge on any atom is 0.338 e.